The van der Waals surface area contributed by atoms with Gasteiger partial charge in [-0.1, -0.05) is 0 Å². The molecule has 2 aromatic heterocycles. The first-order valence-electron chi connectivity index (χ1n) is 6.36. The van der Waals surface area contributed by atoms with Crippen LogP contribution in [0.5, 0.6) is 0 Å². The molecule has 0 saturated carbocycles. The fraction of sp³-hybridized carbons (Fsp3) is 0.214. The molecule has 0 spiro atoms. The molecule has 3 aromatic rings. The van der Waals surface area contributed by atoms with Gasteiger partial charge in [-0.15, -0.1) is 0 Å². The molecule has 0 unspecified atom stereocenters. The van der Waals surface area contributed by atoms with Gasteiger partial charge in [-0.3, -0.25) is 4.98 Å². The lowest BCUT2D eigenvalue weighted by atomic mass is 10.1. The number of rotatable bonds is 4. The number of likely N-dealkylation sites (N-methyl/N-ethyl adjacent to an activating group) is 1. The average molecular weight is 269 g/mol. The third-order valence-electron chi connectivity index (χ3n) is 3.32. The van der Waals surface area contributed by atoms with Crippen molar-refractivity contribution in [1.82, 2.24) is 15.3 Å². The van der Waals surface area contributed by atoms with E-state index in [1.165, 1.54) is 5.56 Å². The second kappa shape index (κ2) is 5.16. The summed E-state index contributed by atoms with van der Waals surface area (Å²) in [6.07, 6.45) is 4.53. The Morgan fingerprint density at radius 1 is 1.10 bits per heavy atom. The van der Waals surface area contributed by atoms with E-state index in [4.69, 9.17) is 10.4 Å². The molecule has 6 heteroatoms. The minimum atomic E-state index is 0.576. The Balaban J connectivity index is 1.81. The van der Waals surface area contributed by atoms with Crippen molar-refractivity contribution in [3.63, 3.8) is 0 Å². The maximum absolute atomic E-state index is 5.85. The lowest BCUT2D eigenvalue weighted by molar-refractivity contribution is 0.315. The van der Waals surface area contributed by atoms with Crippen molar-refractivity contribution in [1.29, 1.82) is 0 Å². The van der Waals surface area contributed by atoms with Crippen molar-refractivity contribution in [2.75, 3.05) is 24.2 Å². The Labute approximate surface area is 116 Å². The van der Waals surface area contributed by atoms with Gasteiger partial charge in [0.25, 0.3) is 0 Å². The molecule has 102 valence electrons. The Kier molecular flexibility index (Phi) is 3.20. The number of pyridine rings is 1. The highest BCUT2D eigenvalue weighted by Crippen LogP contribution is 2.27. The van der Waals surface area contributed by atoms with Crippen LogP contribution in [0.25, 0.3) is 11.0 Å². The smallest absolute Gasteiger partial charge is 0.160 e. The van der Waals surface area contributed by atoms with Gasteiger partial charge in [0.2, 0.25) is 0 Å². The fourth-order valence-electron chi connectivity index (χ4n) is 2.15. The molecule has 6 nitrogen and oxygen atoms in total. The van der Waals surface area contributed by atoms with Gasteiger partial charge in [-0.2, -0.15) is 0 Å². The van der Waals surface area contributed by atoms with Crippen LogP contribution in [0, 0.1) is 0 Å². The Morgan fingerprint density at radius 2 is 1.85 bits per heavy atom. The van der Waals surface area contributed by atoms with Gasteiger partial charge in [0.15, 0.2) is 11.0 Å². The van der Waals surface area contributed by atoms with Crippen LogP contribution in [-0.2, 0) is 6.42 Å². The van der Waals surface area contributed by atoms with E-state index < -0.39 is 0 Å². The van der Waals surface area contributed by atoms with Crippen molar-refractivity contribution in [2.24, 2.45) is 0 Å². The zero-order valence-corrected chi connectivity index (χ0v) is 11.2. The summed E-state index contributed by atoms with van der Waals surface area (Å²) in [5, 5.41) is 7.77. The molecule has 20 heavy (non-hydrogen) atoms. The molecule has 0 aliphatic carbocycles. The highest BCUT2D eigenvalue weighted by atomic mass is 16.6. The van der Waals surface area contributed by atoms with Crippen LogP contribution in [-0.4, -0.2) is 28.9 Å². The fourth-order valence-corrected chi connectivity index (χ4v) is 2.15. The molecule has 0 amide bonds. The molecule has 0 bridgehead atoms. The molecule has 2 N–H and O–H groups in total. The van der Waals surface area contributed by atoms with Crippen LogP contribution in [0.3, 0.4) is 0 Å². The summed E-state index contributed by atoms with van der Waals surface area (Å²) in [4.78, 5) is 6.13. The highest BCUT2D eigenvalue weighted by Gasteiger charge is 2.13. The summed E-state index contributed by atoms with van der Waals surface area (Å²) in [6.45, 7) is 0.857. The summed E-state index contributed by atoms with van der Waals surface area (Å²) in [7, 11) is 2.01. The number of aromatic nitrogens is 3. The minimum absolute atomic E-state index is 0.576. The first kappa shape index (κ1) is 12.4. The van der Waals surface area contributed by atoms with Gasteiger partial charge < -0.3 is 10.6 Å². The third-order valence-corrected chi connectivity index (χ3v) is 3.32. The number of anilines is 2. The Hall–Kier alpha value is -2.63. The Morgan fingerprint density at radius 3 is 2.65 bits per heavy atom. The van der Waals surface area contributed by atoms with Crippen molar-refractivity contribution in [3.8, 4) is 0 Å². The summed E-state index contributed by atoms with van der Waals surface area (Å²) in [5.74, 6) is 0. The van der Waals surface area contributed by atoms with E-state index in [1.807, 2.05) is 31.3 Å². The summed E-state index contributed by atoms with van der Waals surface area (Å²) < 4.78 is 4.78. The van der Waals surface area contributed by atoms with Crippen LogP contribution < -0.4 is 10.6 Å². The number of hydrogen-bond donors (Lipinski definition) is 1. The van der Waals surface area contributed by atoms with Crippen LogP contribution in [0.2, 0.25) is 0 Å². The lowest BCUT2D eigenvalue weighted by Gasteiger charge is -2.19. The van der Waals surface area contributed by atoms with Crippen molar-refractivity contribution < 1.29 is 4.63 Å². The van der Waals surface area contributed by atoms with Gasteiger partial charge in [0.05, 0.1) is 11.4 Å². The van der Waals surface area contributed by atoms with Crippen molar-refractivity contribution in [3.05, 3.63) is 42.2 Å². The number of hydrogen-bond acceptors (Lipinski definition) is 6. The summed E-state index contributed by atoms with van der Waals surface area (Å²) >= 11 is 0. The van der Waals surface area contributed by atoms with E-state index in [0.717, 1.165) is 18.7 Å². The molecule has 0 fully saturated rings. The van der Waals surface area contributed by atoms with E-state index in [-0.39, 0.29) is 0 Å². The first-order chi connectivity index (χ1) is 9.75. The van der Waals surface area contributed by atoms with Crippen LogP contribution >= 0.6 is 0 Å². The minimum Gasteiger partial charge on any atom is -0.397 e. The molecule has 2 heterocycles. The van der Waals surface area contributed by atoms with Gasteiger partial charge in [0.1, 0.15) is 0 Å². The Bertz CT molecular complexity index is 710. The van der Waals surface area contributed by atoms with E-state index in [2.05, 4.69) is 20.2 Å². The lowest BCUT2D eigenvalue weighted by Crippen LogP contribution is -2.20. The number of nitrogen functional groups attached to an aromatic ring is 1. The largest absolute Gasteiger partial charge is 0.397 e. The van der Waals surface area contributed by atoms with Crippen LogP contribution in [0.1, 0.15) is 5.56 Å². The maximum Gasteiger partial charge on any atom is 0.160 e. The second-order valence-electron chi connectivity index (χ2n) is 4.66. The molecule has 0 radical (unpaired) electrons. The first-order valence-corrected chi connectivity index (χ1v) is 6.36. The predicted octanol–water partition coefficient (Wildman–Crippen LogP) is 1.88. The topological polar surface area (TPSA) is 81.1 Å². The maximum atomic E-state index is 5.85. The molecule has 0 atom stereocenters. The summed E-state index contributed by atoms with van der Waals surface area (Å²) in [6, 6.07) is 7.80. The van der Waals surface area contributed by atoms with Crippen LogP contribution in [0.4, 0.5) is 11.4 Å². The molecule has 0 aliphatic rings. The van der Waals surface area contributed by atoms with E-state index in [1.54, 1.807) is 12.4 Å². The molecule has 0 saturated heterocycles. The molecular weight excluding hydrogens is 254 g/mol. The number of fused-ring (bicyclic) bond motifs is 1. The van der Waals surface area contributed by atoms with Gasteiger partial charge >= 0.3 is 0 Å². The number of nitrogens with two attached hydrogens (primary N) is 1. The monoisotopic (exact) mass is 269 g/mol. The molecule has 0 aliphatic heterocycles. The van der Waals surface area contributed by atoms with E-state index in [0.29, 0.717) is 16.7 Å². The van der Waals surface area contributed by atoms with Gasteiger partial charge in [0, 0.05) is 26.0 Å². The predicted molar refractivity (Wildman–Crippen MR) is 77.4 cm³/mol. The molecule has 3 rings (SSSR count). The van der Waals surface area contributed by atoms with Gasteiger partial charge in [-0.05, 0) is 46.6 Å². The molecular formula is C14H15N5O. The normalized spacial score (nSPS) is 10.8. The third kappa shape index (κ3) is 2.27. The number of benzene rings is 1. The highest BCUT2D eigenvalue weighted by molar-refractivity contribution is 5.95. The SMILES string of the molecule is CN(CCc1ccncc1)c1ccc(N)c2nonc12. The summed E-state index contributed by atoms with van der Waals surface area (Å²) in [5.41, 5.74) is 9.94. The van der Waals surface area contributed by atoms with E-state index >= 15 is 0 Å². The zero-order valence-electron chi connectivity index (χ0n) is 11.2. The quantitative estimate of drug-likeness (QED) is 0.728. The number of nitrogens with zero attached hydrogens (tertiary/aromatic N) is 4. The average Bonchev–Trinajstić information content (AvgIpc) is 2.96. The molecule has 1 aromatic carbocycles. The zero-order chi connectivity index (χ0) is 13.9. The van der Waals surface area contributed by atoms with Crippen LogP contribution in [0.15, 0.2) is 41.3 Å². The van der Waals surface area contributed by atoms with Crippen molar-refractivity contribution >= 4 is 22.4 Å². The van der Waals surface area contributed by atoms with Gasteiger partial charge in [-0.25, -0.2) is 4.63 Å². The van der Waals surface area contributed by atoms with Crippen molar-refractivity contribution in [2.45, 2.75) is 6.42 Å². The van der Waals surface area contributed by atoms with E-state index in [9.17, 15) is 0 Å². The second-order valence-corrected chi connectivity index (χ2v) is 4.66. The standard InChI is InChI=1S/C14H15N5O/c1-19(9-6-10-4-7-16-8-5-10)12-3-2-11(15)13-14(12)18-20-17-13/h2-5,7-8H,6,9,15H2,1H3.